The van der Waals surface area contributed by atoms with E-state index in [1.807, 2.05) is 24.3 Å². The Hall–Kier alpha value is -2.19. The molecule has 7 nitrogen and oxygen atoms in total. The third kappa shape index (κ3) is 7.29. The Morgan fingerprint density at radius 3 is 1.45 bits per heavy atom. The summed E-state index contributed by atoms with van der Waals surface area (Å²) in [6, 6.07) is 14.6. The minimum Gasteiger partial charge on any atom is -0.741 e. The van der Waals surface area contributed by atoms with E-state index in [9.17, 15) is 22.8 Å². The first-order chi connectivity index (χ1) is 13.4. The van der Waals surface area contributed by atoms with Gasteiger partial charge < -0.3 is 14.0 Å². The molecule has 12 heteroatoms. The van der Waals surface area contributed by atoms with E-state index in [1.54, 1.807) is 24.3 Å². The van der Waals surface area contributed by atoms with Gasteiger partial charge in [-0.25, -0.2) is 18.0 Å². The molecule has 0 saturated carbocycles. The number of methoxy groups -OCH3 is 2. The standard InChI is InChI=1S/C16H14IO4.CHF3O3S/c1-20-15(18)11-7-3-5-9-13(11)17-14-10-6-4-8-12(14)16(19)21-2;2-1(3,4)8(5,6)7/h3-10H,1-2H3;(H,5,6,7)/q+1;/p-1. The molecule has 0 aliphatic rings. The highest BCUT2D eigenvalue weighted by Gasteiger charge is 2.37. The van der Waals surface area contributed by atoms with Gasteiger partial charge in [0.05, 0.1) is 14.2 Å². The molecule has 0 aliphatic carbocycles. The van der Waals surface area contributed by atoms with Gasteiger partial charge in [0.1, 0.15) is 11.1 Å². The molecule has 0 N–H and O–H groups in total. The van der Waals surface area contributed by atoms with Crippen molar-refractivity contribution in [2.75, 3.05) is 14.2 Å². The third-order valence-electron chi connectivity index (χ3n) is 3.05. The van der Waals surface area contributed by atoms with Gasteiger partial charge in [-0.05, 0) is 24.3 Å². The van der Waals surface area contributed by atoms with E-state index in [4.69, 9.17) is 22.4 Å². The number of halogens is 4. The molecule has 2 aromatic rings. The minimum absolute atomic E-state index is 0.360. The highest BCUT2D eigenvalue weighted by Crippen LogP contribution is 2.20. The van der Waals surface area contributed by atoms with Gasteiger partial charge >= 0.3 is 38.7 Å². The quantitative estimate of drug-likeness (QED) is 0.219. The van der Waals surface area contributed by atoms with Crippen LogP contribution in [0.4, 0.5) is 13.2 Å². The Kier molecular flexibility index (Phi) is 9.04. The van der Waals surface area contributed by atoms with E-state index in [0.29, 0.717) is 11.1 Å². The largest absolute Gasteiger partial charge is 0.741 e. The summed E-state index contributed by atoms with van der Waals surface area (Å²) in [5, 5.41) is 0. The van der Waals surface area contributed by atoms with Gasteiger partial charge in [-0.1, -0.05) is 24.3 Å². The monoisotopic (exact) mass is 546 g/mol. The highest BCUT2D eigenvalue weighted by molar-refractivity contribution is 7.86. The van der Waals surface area contributed by atoms with Crippen LogP contribution in [0.2, 0.25) is 0 Å². The van der Waals surface area contributed by atoms with Crippen molar-refractivity contribution in [2.45, 2.75) is 5.51 Å². The summed E-state index contributed by atoms with van der Waals surface area (Å²) in [4.78, 5) is 23.6. The van der Waals surface area contributed by atoms with Gasteiger partial charge in [0.15, 0.2) is 10.1 Å². The van der Waals surface area contributed by atoms with Crippen LogP contribution in [0, 0.1) is 7.14 Å². The summed E-state index contributed by atoms with van der Waals surface area (Å²) in [5.41, 5.74) is -4.55. The number of hydrogen-bond donors (Lipinski definition) is 0. The molecule has 0 bridgehead atoms. The average Bonchev–Trinajstić information content (AvgIpc) is 2.66. The zero-order chi connectivity index (χ0) is 22.2. The molecule has 2 aromatic carbocycles. The maximum atomic E-state index is 11.8. The number of esters is 2. The summed E-state index contributed by atoms with van der Waals surface area (Å²) < 4.78 is 70.3. The Labute approximate surface area is 174 Å². The van der Waals surface area contributed by atoms with Crippen LogP contribution in [0.5, 0.6) is 0 Å². The predicted octanol–water partition coefficient (Wildman–Crippen LogP) is -0.560. The first-order valence-corrected chi connectivity index (χ1v) is 11.0. The first-order valence-electron chi connectivity index (χ1n) is 7.44. The fraction of sp³-hybridized carbons (Fsp3) is 0.176. The van der Waals surface area contributed by atoms with Crippen LogP contribution in [0.15, 0.2) is 48.5 Å². The van der Waals surface area contributed by atoms with E-state index in [1.165, 1.54) is 14.2 Å². The molecule has 0 amide bonds. The van der Waals surface area contributed by atoms with E-state index >= 15 is 0 Å². The molecule has 0 aliphatic heterocycles. The van der Waals surface area contributed by atoms with Gasteiger partial charge in [0.2, 0.25) is 7.14 Å². The second-order valence-electron chi connectivity index (χ2n) is 4.94. The van der Waals surface area contributed by atoms with Crippen molar-refractivity contribution < 1.29 is 66.4 Å². The zero-order valence-electron chi connectivity index (χ0n) is 14.9. The Bertz CT molecular complexity index is 917. The molecule has 0 heterocycles. The van der Waals surface area contributed by atoms with Gasteiger partial charge in [-0.15, -0.1) is 0 Å². The lowest BCUT2D eigenvalue weighted by Gasteiger charge is -2.08. The van der Waals surface area contributed by atoms with Gasteiger partial charge in [-0.2, -0.15) is 13.2 Å². The first kappa shape index (κ1) is 24.8. The average molecular weight is 546 g/mol. The number of carbonyl (C=O) groups is 2. The Morgan fingerprint density at radius 1 is 0.862 bits per heavy atom. The normalized spacial score (nSPS) is 11.1. The molecule has 0 fully saturated rings. The molecule has 0 spiro atoms. The van der Waals surface area contributed by atoms with Crippen molar-refractivity contribution in [1.29, 1.82) is 0 Å². The fourth-order valence-electron chi connectivity index (χ4n) is 1.75. The van der Waals surface area contributed by atoms with Crippen LogP contribution >= 0.6 is 0 Å². The summed E-state index contributed by atoms with van der Waals surface area (Å²) in [6.07, 6.45) is 0. The number of rotatable bonds is 4. The smallest absolute Gasteiger partial charge is 0.485 e. The molecular weight excluding hydrogens is 532 g/mol. The minimum atomic E-state index is -6.09. The van der Waals surface area contributed by atoms with Crippen molar-refractivity contribution in [3.8, 4) is 0 Å². The molecule has 0 radical (unpaired) electrons. The molecule has 0 aromatic heterocycles. The summed E-state index contributed by atoms with van der Waals surface area (Å²) in [5.74, 6) is -0.721. The SMILES string of the molecule is COC(=O)c1ccccc1[I+]c1ccccc1C(=O)OC.O=S(=O)([O-])C(F)(F)F. The molecule has 158 valence electrons. The summed E-state index contributed by atoms with van der Waals surface area (Å²) in [6.45, 7) is 0. The van der Waals surface area contributed by atoms with E-state index in [2.05, 4.69) is 0 Å². The van der Waals surface area contributed by atoms with Crippen molar-refractivity contribution in [2.24, 2.45) is 0 Å². The molecule has 0 atom stereocenters. The van der Waals surface area contributed by atoms with Gasteiger partial charge in [0, 0.05) is 0 Å². The lowest BCUT2D eigenvalue weighted by Crippen LogP contribution is -3.62. The fourth-order valence-corrected chi connectivity index (χ4v) is 4.53. The van der Waals surface area contributed by atoms with Crippen LogP contribution in [-0.4, -0.2) is 44.6 Å². The maximum Gasteiger partial charge on any atom is 0.485 e. The van der Waals surface area contributed by atoms with Crippen LogP contribution in [0.25, 0.3) is 0 Å². The number of carbonyl (C=O) groups excluding carboxylic acids is 2. The van der Waals surface area contributed by atoms with E-state index in [-0.39, 0.29) is 11.9 Å². The topological polar surface area (TPSA) is 110 Å². The van der Waals surface area contributed by atoms with E-state index < -0.39 is 36.8 Å². The molecule has 0 saturated heterocycles. The number of alkyl halides is 3. The molecule has 2 rings (SSSR count). The van der Waals surface area contributed by atoms with Crippen molar-refractivity contribution in [3.63, 3.8) is 0 Å². The highest BCUT2D eigenvalue weighted by atomic mass is 127. The number of hydrogen-bond acceptors (Lipinski definition) is 7. The van der Waals surface area contributed by atoms with Crippen molar-refractivity contribution in [3.05, 3.63) is 66.8 Å². The molecule has 0 unspecified atom stereocenters. The number of benzene rings is 2. The van der Waals surface area contributed by atoms with Crippen molar-refractivity contribution in [1.82, 2.24) is 0 Å². The second-order valence-corrected chi connectivity index (χ2v) is 9.17. The summed E-state index contributed by atoms with van der Waals surface area (Å²) in [7, 11) is -3.37. The number of ether oxygens (including phenoxy) is 2. The zero-order valence-corrected chi connectivity index (χ0v) is 17.9. The lowest BCUT2D eigenvalue weighted by molar-refractivity contribution is -0.598. The second kappa shape index (κ2) is 10.5. The third-order valence-corrected chi connectivity index (χ3v) is 6.66. The molecule has 29 heavy (non-hydrogen) atoms. The Balaban J connectivity index is 0.000000447. The Morgan fingerprint density at radius 2 is 1.17 bits per heavy atom. The van der Waals surface area contributed by atoms with Crippen LogP contribution in [0.1, 0.15) is 20.7 Å². The van der Waals surface area contributed by atoms with Crippen LogP contribution < -0.4 is 21.2 Å². The maximum absolute atomic E-state index is 11.8. The van der Waals surface area contributed by atoms with Crippen LogP contribution in [0.3, 0.4) is 0 Å². The summed E-state index contributed by atoms with van der Waals surface area (Å²) >= 11 is -0.696. The predicted molar refractivity (Wildman–Crippen MR) is 88.7 cm³/mol. The van der Waals surface area contributed by atoms with Crippen LogP contribution in [-0.2, 0) is 19.6 Å². The van der Waals surface area contributed by atoms with Gasteiger partial charge in [0.25, 0.3) is 0 Å². The van der Waals surface area contributed by atoms with Crippen molar-refractivity contribution >= 4 is 22.1 Å². The molecular formula is C17H14F3IO7S. The van der Waals surface area contributed by atoms with Gasteiger partial charge in [-0.3, -0.25) is 0 Å². The van der Waals surface area contributed by atoms with E-state index in [0.717, 1.165) is 7.14 Å². The lowest BCUT2D eigenvalue weighted by atomic mass is 10.2.